The number of amides is 1. The zero-order valence-corrected chi connectivity index (χ0v) is 19.0. The number of rotatable bonds is 8. The number of methoxy groups -OCH3 is 1. The molecule has 33 heavy (non-hydrogen) atoms. The van der Waals surface area contributed by atoms with Crippen molar-refractivity contribution in [2.24, 2.45) is 5.10 Å². The lowest BCUT2D eigenvalue weighted by atomic mass is 10.2. The Morgan fingerprint density at radius 2 is 1.91 bits per heavy atom. The van der Waals surface area contributed by atoms with Gasteiger partial charge in [0.15, 0.2) is 11.0 Å². The molecule has 2 aromatic heterocycles. The van der Waals surface area contributed by atoms with Crippen molar-refractivity contribution in [3.63, 3.8) is 0 Å². The van der Waals surface area contributed by atoms with Crippen molar-refractivity contribution < 1.29 is 9.53 Å². The molecule has 0 aliphatic rings. The fourth-order valence-corrected chi connectivity index (χ4v) is 3.79. The van der Waals surface area contributed by atoms with Crippen molar-refractivity contribution >= 4 is 23.9 Å². The second-order valence-corrected chi connectivity index (χ2v) is 8.01. The van der Waals surface area contributed by atoms with Crippen LogP contribution in [-0.2, 0) is 4.79 Å². The maximum atomic E-state index is 12.4. The molecule has 9 heteroatoms. The third-order valence-electron chi connectivity index (χ3n) is 4.69. The van der Waals surface area contributed by atoms with Crippen LogP contribution in [0, 0.1) is 6.92 Å². The summed E-state index contributed by atoms with van der Waals surface area (Å²) in [5.41, 5.74) is 6.32. The molecule has 1 amide bonds. The highest BCUT2D eigenvalue weighted by atomic mass is 32.2. The Morgan fingerprint density at radius 3 is 2.67 bits per heavy atom. The number of hydrazone groups is 1. The van der Waals surface area contributed by atoms with E-state index in [-0.39, 0.29) is 11.7 Å². The van der Waals surface area contributed by atoms with Gasteiger partial charge >= 0.3 is 0 Å². The van der Waals surface area contributed by atoms with E-state index in [4.69, 9.17) is 4.74 Å². The van der Waals surface area contributed by atoms with E-state index in [1.165, 1.54) is 11.8 Å². The van der Waals surface area contributed by atoms with Gasteiger partial charge in [0.1, 0.15) is 5.75 Å². The molecule has 4 aromatic rings. The highest BCUT2D eigenvalue weighted by Crippen LogP contribution is 2.27. The first kappa shape index (κ1) is 22.2. The van der Waals surface area contributed by atoms with Crippen molar-refractivity contribution in [3.8, 4) is 22.8 Å². The van der Waals surface area contributed by atoms with Crippen LogP contribution in [0.4, 0.5) is 0 Å². The van der Waals surface area contributed by atoms with Crippen LogP contribution >= 0.6 is 11.8 Å². The topological polar surface area (TPSA) is 94.3 Å². The lowest BCUT2D eigenvalue weighted by Gasteiger charge is -2.10. The summed E-state index contributed by atoms with van der Waals surface area (Å²) in [5, 5.41) is 13.3. The summed E-state index contributed by atoms with van der Waals surface area (Å²) >= 11 is 1.29. The van der Waals surface area contributed by atoms with E-state index in [1.807, 2.05) is 72.2 Å². The smallest absolute Gasteiger partial charge is 0.250 e. The molecular weight excluding hydrogens is 436 g/mol. The number of carbonyl (C=O) groups excluding carboxylic acids is 1. The number of aryl methyl sites for hydroxylation is 1. The van der Waals surface area contributed by atoms with Crippen LogP contribution in [0.2, 0.25) is 0 Å². The van der Waals surface area contributed by atoms with Crippen LogP contribution in [0.25, 0.3) is 17.1 Å². The predicted molar refractivity (Wildman–Crippen MR) is 129 cm³/mol. The second-order valence-electron chi connectivity index (χ2n) is 7.07. The quantitative estimate of drug-likeness (QED) is 0.245. The Balaban J connectivity index is 1.48. The molecule has 0 unspecified atom stereocenters. The van der Waals surface area contributed by atoms with Crippen LogP contribution < -0.4 is 10.2 Å². The van der Waals surface area contributed by atoms with Gasteiger partial charge in [-0.15, -0.1) is 10.2 Å². The van der Waals surface area contributed by atoms with Crippen molar-refractivity contribution in [2.75, 3.05) is 12.9 Å². The van der Waals surface area contributed by atoms with Gasteiger partial charge in [0, 0.05) is 23.6 Å². The van der Waals surface area contributed by atoms with E-state index >= 15 is 0 Å². The average molecular weight is 459 g/mol. The zero-order valence-electron chi connectivity index (χ0n) is 18.2. The largest absolute Gasteiger partial charge is 0.497 e. The molecule has 0 saturated heterocycles. The molecule has 0 atom stereocenters. The highest BCUT2D eigenvalue weighted by molar-refractivity contribution is 7.99. The Labute approximate surface area is 195 Å². The van der Waals surface area contributed by atoms with E-state index in [0.29, 0.717) is 11.0 Å². The fourth-order valence-electron chi connectivity index (χ4n) is 3.04. The van der Waals surface area contributed by atoms with Gasteiger partial charge in [0.05, 0.1) is 19.1 Å². The van der Waals surface area contributed by atoms with E-state index in [0.717, 1.165) is 28.1 Å². The van der Waals surface area contributed by atoms with E-state index in [2.05, 4.69) is 25.7 Å². The maximum absolute atomic E-state index is 12.4. The fraction of sp³-hybridized carbons (Fsp3) is 0.125. The van der Waals surface area contributed by atoms with Crippen molar-refractivity contribution in [1.82, 2.24) is 25.2 Å². The first-order valence-corrected chi connectivity index (χ1v) is 11.1. The summed E-state index contributed by atoms with van der Waals surface area (Å²) in [6.07, 6.45) is 5.00. The van der Waals surface area contributed by atoms with E-state index < -0.39 is 0 Å². The molecule has 0 radical (unpaired) electrons. The van der Waals surface area contributed by atoms with Gasteiger partial charge in [-0.25, -0.2) is 5.43 Å². The van der Waals surface area contributed by atoms with Crippen molar-refractivity contribution in [1.29, 1.82) is 0 Å². The minimum Gasteiger partial charge on any atom is -0.497 e. The molecule has 0 spiro atoms. The Morgan fingerprint density at radius 1 is 1.12 bits per heavy atom. The van der Waals surface area contributed by atoms with Crippen molar-refractivity contribution in [2.45, 2.75) is 12.1 Å². The molecule has 1 N–H and O–H groups in total. The molecule has 166 valence electrons. The van der Waals surface area contributed by atoms with Gasteiger partial charge in [0.2, 0.25) is 0 Å². The molecule has 0 aliphatic carbocycles. The number of nitrogens with one attached hydrogen (secondary N) is 1. The summed E-state index contributed by atoms with van der Waals surface area (Å²) < 4.78 is 7.12. The van der Waals surface area contributed by atoms with Gasteiger partial charge in [-0.2, -0.15) is 5.10 Å². The van der Waals surface area contributed by atoms with Crippen LogP contribution in [0.1, 0.15) is 11.1 Å². The SMILES string of the molecule is COc1cccc(/C=N\NC(=O)CSc2nnc(-c3ccncc3)n2-c2ccc(C)cc2)c1. The number of nitrogens with zero attached hydrogens (tertiary/aromatic N) is 5. The minimum atomic E-state index is -0.247. The third-order valence-corrected chi connectivity index (χ3v) is 5.62. The molecule has 2 aromatic carbocycles. The monoisotopic (exact) mass is 458 g/mol. The normalized spacial score (nSPS) is 11.0. The zero-order chi connectivity index (χ0) is 23.0. The number of ether oxygens (including phenoxy) is 1. The summed E-state index contributed by atoms with van der Waals surface area (Å²) in [7, 11) is 1.60. The molecule has 0 fully saturated rings. The minimum absolute atomic E-state index is 0.135. The molecule has 2 heterocycles. The van der Waals surface area contributed by atoms with Gasteiger partial charge in [-0.05, 0) is 48.9 Å². The van der Waals surface area contributed by atoms with Gasteiger partial charge in [0.25, 0.3) is 5.91 Å². The molecule has 0 saturated carbocycles. The first-order chi connectivity index (χ1) is 16.1. The highest BCUT2D eigenvalue weighted by Gasteiger charge is 2.17. The number of thioether (sulfide) groups is 1. The van der Waals surface area contributed by atoms with Crippen LogP contribution in [0.5, 0.6) is 5.75 Å². The summed E-state index contributed by atoms with van der Waals surface area (Å²) in [5.74, 6) is 1.29. The summed E-state index contributed by atoms with van der Waals surface area (Å²) in [6, 6.07) is 19.2. The lowest BCUT2D eigenvalue weighted by Crippen LogP contribution is -2.20. The summed E-state index contributed by atoms with van der Waals surface area (Å²) in [6.45, 7) is 2.03. The number of carbonyl (C=O) groups is 1. The Bertz CT molecular complexity index is 1260. The Hall–Kier alpha value is -3.98. The molecular formula is C24H22N6O2S. The van der Waals surface area contributed by atoms with Crippen LogP contribution in [0.15, 0.2) is 83.3 Å². The maximum Gasteiger partial charge on any atom is 0.250 e. The number of aromatic nitrogens is 4. The number of benzene rings is 2. The second kappa shape index (κ2) is 10.6. The number of hydrogen-bond donors (Lipinski definition) is 1. The van der Waals surface area contributed by atoms with Crippen LogP contribution in [-0.4, -0.2) is 44.7 Å². The van der Waals surface area contributed by atoms with E-state index in [9.17, 15) is 4.79 Å². The standard InChI is InChI=1S/C24H22N6O2S/c1-17-6-8-20(9-7-17)30-23(19-10-12-25-13-11-19)28-29-24(30)33-16-22(31)27-26-15-18-4-3-5-21(14-18)32-2/h3-15H,16H2,1-2H3,(H,27,31)/b26-15-. The first-order valence-electron chi connectivity index (χ1n) is 10.2. The molecule has 8 nitrogen and oxygen atoms in total. The van der Waals surface area contributed by atoms with Crippen LogP contribution in [0.3, 0.4) is 0 Å². The van der Waals surface area contributed by atoms with Gasteiger partial charge < -0.3 is 4.74 Å². The lowest BCUT2D eigenvalue weighted by molar-refractivity contribution is -0.118. The Kier molecular flexibility index (Phi) is 7.11. The summed E-state index contributed by atoms with van der Waals surface area (Å²) in [4.78, 5) is 16.4. The van der Waals surface area contributed by atoms with E-state index in [1.54, 1.807) is 25.7 Å². The third kappa shape index (κ3) is 5.64. The predicted octanol–water partition coefficient (Wildman–Crippen LogP) is 3.89. The number of pyridine rings is 1. The van der Waals surface area contributed by atoms with Crippen molar-refractivity contribution in [3.05, 3.63) is 84.2 Å². The van der Waals surface area contributed by atoms with Gasteiger partial charge in [-0.3, -0.25) is 14.3 Å². The van der Waals surface area contributed by atoms with Gasteiger partial charge in [-0.1, -0.05) is 41.6 Å². The molecule has 0 bridgehead atoms. The molecule has 0 aliphatic heterocycles. The average Bonchev–Trinajstić information content (AvgIpc) is 3.28. The number of hydrogen-bond acceptors (Lipinski definition) is 7. The molecule has 4 rings (SSSR count).